The van der Waals surface area contributed by atoms with Crippen LogP contribution in [-0.4, -0.2) is 179 Å². The molecule has 1 radical (unpaired) electrons. The van der Waals surface area contributed by atoms with Gasteiger partial charge >= 0.3 is 356 Å². The SMILES string of the molecule is O=[C](O)[Ge]1=[CH]C=CC=[CH]1.O=[C](O)[Ge]1=[CH]C=CC=[CH]1.O=[C](O)[Ge]1=[CH]C=CC=[CH]1.O=[C]([O][In]([O][C](=O)[Ge]1=[CH]C=CC=[CH]1)[O][C](=O)[Ge]1=[CH]C=CC=[CH]1)[Ge]1=[CH]C=CC=[CH]1.[Y]. The molecule has 6 aliphatic rings. The van der Waals surface area contributed by atoms with Crippen molar-refractivity contribution in [2.45, 2.75) is 0 Å². The second-order valence-corrected chi connectivity index (χ2v) is 39.4. The van der Waals surface area contributed by atoms with Gasteiger partial charge in [-0.2, -0.15) is 0 Å². The van der Waals surface area contributed by atoms with Gasteiger partial charge in [0.05, 0.1) is 0 Å². The Bertz CT molecular complexity index is 1900. The third-order valence-electron chi connectivity index (χ3n) is 6.70. The quantitative estimate of drug-likeness (QED) is 0.281. The minimum atomic E-state index is -4.11. The topological polar surface area (TPSA) is 191 Å². The molecule has 0 unspecified atom stereocenters. The summed E-state index contributed by atoms with van der Waals surface area (Å²) in [6, 6.07) is 0. The molecule has 0 saturated carbocycles. The van der Waals surface area contributed by atoms with E-state index in [9.17, 15) is 28.8 Å². The Morgan fingerprint density at radius 1 is 0.321 bits per heavy atom. The number of hydrogen-bond donors (Lipinski definition) is 3. The molecule has 6 rings (SSSR count). The molecular weight excluding hydrogens is 1260 g/mol. The average Bonchev–Trinajstić information content (AvgIpc) is 3.23. The molecule has 279 valence electrons. The summed E-state index contributed by atoms with van der Waals surface area (Å²) in [5.74, 6) is 0. The summed E-state index contributed by atoms with van der Waals surface area (Å²) >= 11 is -16.9. The van der Waals surface area contributed by atoms with Crippen LogP contribution < -0.4 is 0 Å². The number of carboxylic acid groups (broad SMARTS) is 3. The van der Waals surface area contributed by atoms with Gasteiger partial charge in [0.2, 0.25) is 0 Å². The van der Waals surface area contributed by atoms with Gasteiger partial charge in [-0.3, -0.25) is 0 Å². The molecule has 0 aromatic heterocycles. The molecule has 20 heteroatoms. The van der Waals surface area contributed by atoms with Crippen LogP contribution in [0.5, 0.6) is 0 Å². The van der Waals surface area contributed by atoms with Gasteiger partial charge in [-0.05, 0) is 0 Å². The summed E-state index contributed by atoms with van der Waals surface area (Å²) < 4.78 is 16.5. The van der Waals surface area contributed by atoms with Crippen molar-refractivity contribution in [3.8, 4) is 0 Å². The minimum absolute atomic E-state index is 0. The number of carbonyl (C=O) groups excluding carboxylic acids is 3. The van der Waals surface area contributed by atoms with Gasteiger partial charge in [0.25, 0.3) is 0 Å². The van der Waals surface area contributed by atoms with Gasteiger partial charge in [-0.25, -0.2) is 0 Å². The van der Waals surface area contributed by atoms with Crippen LogP contribution in [0.1, 0.15) is 0 Å². The first kappa shape index (κ1) is 50.3. The number of carbonyl (C=O) groups is 6. The molecule has 0 aromatic rings. The Balaban J connectivity index is 0.000000313. The molecule has 0 amide bonds. The summed E-state index contributed by atoms with van der Waals surface area (Å²) in [6.07, 6.45) is 32.8. The fourth-order valence-electron chi connectivity index (χ4n) is 4.00. The van der Waals surface area contributed by atoms with Gasteiger partial charge < -0.3 is 0 Å². The van der Waals surface area contributed by atoms with Crippen molar-refractivity contribution in [3.05, 3.63) is 139 Å². The third kappa shape index (κ3) is 20.2. The maximum atomic E-state index is 12.5. The smallest absolute Gasteiger partial charge is 0 e. The van der Waals surface area contributed by atoms with Gasteiger partial charge in [-0.15, -0.1) is 0 Å². The van der Waals surface area contributed by atoms with E-state index >= 15 is 0 Å². The molecular formula is C36H33Ge6InO12Y. The molecule has 6 heterocycles. The first-order valence-corrected chi connectivity index (χ1v) is 41.0. The van der Waals surface area contributed by atoms with Crippen LogP contribution in [0.25, 0.3) is 0 Å². The molecule has 12 nitrogen and oxygen atoms in total. The first-order chi connectivity index (χ1) is 26.5. The van der Waals surface area contributed by atoms with E-state index in [1.54, 1.807) is 0 Å². The van der Waals surface area contributed by atoms with E-state index in [0.717, 1.165) is 0 Å². The predicted octanol–water partition coefficient (Wildman–Crippen LogP) is 4.13. The average molecular weight is 1300 g/mol. The van der Waals surface area contributed by atoms with Crippen molar-refractivity contribution in [2.75, 3.05) is 0 Å². The third-order valence-corrected chi connectivity index (χ3v) is 35.1. The fourth-order valence-corrected chi connectivity index (χ4v) is 29.8. The largest absolute Gasteiger partial charge is 0 e. The maximum Gasteiger partial charge on any atom is 0 e. The molecule has 0 bridgehead atoms. The summed E-state index contributed by atoms with van der Waals surface area (Å²) in [7, 11) is 0. The van der Waals surface area contributed by atoms with Gasteiger partial charge in [0.15, 0.2) is 0 Å². The molecule has 0 aliphatic carbocycles. The zero-order chi connectivity index (χ0) is 39.8. The summed E-state index contributed by atoms with van der Waals surface area (Å²) in [6.45, 7) is 0. The monoisotopic (exact) mass is 1300 g/mol. The second kappa shape index (κ2) is 29.4. The van der Waals surface area contributed by atoms with E-state index < -0.39 is 135 Å². The molecule has 56 heavy (non-hydrogen) atoms. The van der Waals surface area contributed by atoms with Crippen molar-refractivity contribution in [3.63, 3.8) is 0 Å². The van der Waals surface area contributed by atoms with Gasteiger partial charge in [0.1, 0.15) is 0 Å². The second-order valence-electron chi connectivity index (χ2n) is 10.6. The van der Waals surface area contributed by atoms with Crippen LogP contribution in [-0.2, 0) is 41.3 Å². The number of rotatable bonds is 9. The van der Waals surface area contributed by atoms with Crippen molar-refractivity contribution < 1.29 is 85.4 Å². The van der Waals surface area contributed by atoms with E-state index in [4.69, 9.17) is 23.9 Å². The van der Waals surface area contributed by atoms with Crippen LogP contribution >= 0.6 is 0 Å². The minimum Gasteiger partial charge on any atom is 0 e. The molecule has 0 spiro atoms. The standard InChI is InChI=1S/6C6H6GeO2.In.Y/c6*8-6(9)7-4-2-1-3-5-7;;/h6*1-5H,(H,8,9);;/q;;;;;;+3;/p-3. The Morgan fingerprint density at radius 2 is 0.518 bits per heavy atom. The van der Waals surface area contributed by atoms with Crippen LogP contribution in [0.15, 0.2) is 139 Å². The molecule has 0 atom stereocenters. The first-order valence-electron chi connectivity index (χ1n) is 16.2. The Labute approximate surface area is 382 Å². The van der Waals surface area contributed by atoms with Gasteiger partial charge in [-0.1, -0.05) is 0 Å². The Morgan fingerprint density at radius 3 is 0.661 bits per heavy atom. The molecule has 0 aromatic carbocycles. The van der Waals surface area contributed by atoms with Crippen LogP contribution in [0, 0.1) is 0 Å². The fraction of sp³-hybridized carbons (Fsp3) is 0. The van der Waals surface area contributed by atoms with E-state index in [-0.39, 0.29) is 32.7 Å². The molecule has 6 aliphatic heterocycles. The Kier molecular flexibility index (Phi) is 26.4. The van der Waals surface area contributed by atoms with E-state index in [2.05, 4.69) is 0 Å². The normalized spacial score (nSPS) is 15.4. The summed E-state index contributed by atoms with van der Waals surface area (Å²) in [5, 5.41) is 25.5. The van der Waals surface area contributed by atoms with E-state index in [1.165, 1.54) is 0 Å². The Hall–Kier alpha value is -1.85. The zero-order valence-electron chi connectivity index (χ0n) is 29.5. The van der Waals surface area contributed by atoms with Crippen molar-refractivity contribution in [1.29, 1.82) is 0 Å². The van der Waals surface area contributed by atoms with Crippen LogP contribution in [0.3, 0.4) is 0 Å². The van der Waals surface area contributed by atoms with E-state index in [0.29, 0.717) is 0 Å². The van der Waals surface area contributed by atoms with Crippen molar-refractivity contribution in [2.24, 2.45) is 0 Å². The van der Waals surface area contributed by atoms with Crippen molar-refractivity contribution in [1.82, 2.24) is 0 Å². The molecule has 0 saturated heterocycles. The molecule has 3 N–H and O–H groups in total. The molecule has 0 fully saturated rings. The number of hydrogen-bond acceptors (Lipinski definition) is 9. The van der Waals surface area contributed by atoms with E-state index in [1.807, 2.05) is 168 Å². The summed E-state index contributed by atoms with van der Waals surface area (Å²) in [5.41, 5.74) is 0. The maximum absolute atomic E-state index is 12.5. The van der Waals surface area contributed by atoms with Crippen LogP contribution in [0.2, 0.25) is 0 Å². The van der Waals surface area contributed by atoms with Gasteiger partial charge in [0, 0.05) is 32.7 Å². The van der Waals surface area contributed by atoms with Crippen LogP contribution in [0.4, 0.5) is 28.8 Å². The summed E-state index contributed by atoms with van der Waals surface area (Å²) in [4.78, 5) is 87.2. The zero-order valence-corrected chi connectivity index (χ0v) is 48.2. The predicted molar refractivity (Wildman–Crippen MR) is 230 cm³/mol. The van der Waals surface area contributed by atoms with Crippen molar-refractivity contribution >= 4 is 164 Å². The number of allylic oxidation sites excluding steroid dienone is 18.